The van der Waals surface area contributed by atoms with Gasteiger partial charge in [0.15, 0.2) is 0 Å². The van der Waals surface area contributed by atoms with Crippen LogP contribution in [0.4, 0.5) is 0 Å². The summed E-state index contributed by atoms with van der Waals surface area (Å²) in [5, 5.41) is 27.0. The Morgan fingerprint density at radius 3 is 2.11 bits per heavy atom. The molecule has 1 heterocycles. The molecule has 0 aromatic carbocycles. The van der Waals surface area contributed by atoms with Crippen molar-refractivity contribution in [3.05, 3.63) is 22.4 Å². The van der Waals surface area contributed by atoms with Crippen LogP contribution in [0.3, 0.4) is 0 Å². The van der Waals surface area contributed by atoms with Gasteiger partial charge in [0, 0.05) is 18.3 Å². The molecule has 1 fully saturated rings. The van der Waals surface area contributed by atoms with Gasteiger partial charge in [0.2, 0.25) is 0 Å². The Balaban J connectivity index is 3.26. The Bertz CT molecular complexity index is 503. The first-order valence-electron chi connectivity index (χ1n) is 5.95. The summed E-state index contributed by atoms with van der Waals surface area (Å²) in [6, 6.07) is 6.21. The molecule has 1 saturated heterocycles. The quantitative estimate of drug-likeness (QED) is 0.549. The molecule has 4 heteroatoms. The molecule has 0 aromatic rings. The largest absolute Gasteiger partial charge is 0.371 e. The molecule has 18 heavy (non-hydrogen) atoms. The SMILES string of the molecule is CC(=C(C#N)C#N)/C(C#N)=C(\C)N1CCCC1C. The highest BCUT2D eigenvalue weighted by molar-refractivity contribution is 5.54. The number of nitrogens with zero attached hydrogens (tertiary/aromatic N) is 4. The first-order chi connectivity index (χ1) is 8.56. The minimum atomic E-state index is 0.0118. The van der Waals surface area contributed by atoms with E-state index in [1.165, 1.54) is 0 Å². The lowest BCUT2D eigenvalue weighted by Crippen LogP contribution is -2.26. The first-order valence-corrected chi connectivity index (χ1v) is 5.95. The van der Waals surface area contributed by atoms with Crippen molar-refractivity contribution < 1.29 is 0 Å². The van der Waals surface area contributed by atoms with Gasteiger partial charge in [-0.2, -0.15) is 15.8 Å². The minimum absolute atomic E-state index is 0.0118. The van der Waals surface area contributed by atoms with Crippen molar-refractivity contribution in [1.29, 1.82) is 15.8 Å². The zero-order valence-electron chi connectivity index (χ0n) is 11.0. The third kappa shape index (κ3) is 2.53. The second kappa shape index (κ2) is 5.89. The average Bonchev–Trinajstić information content (AvgIpc) is 2.77. The summed E-state index contributed by atoms with van der Waals surface area (Å²) in [6.07, 6.45) is 2.23. The Morgan fingerprint density at radius 1 is 1.11 bits per heavy atom. The summed E-state index contributed by atoms with van der Waals surface area (Å²) in [4.78, 5) is 2.18. The predicted octanol–water partition coefficient (Wildman–Crippen LogP) is 2.63. The number of allylic oxidation sites excluding steroid dienone is 4. The Morgan fingerprint density at radius 2 is 1.72 bits per heavy atom. The maximum Gasteiger partial charge on any atom is 0.133 e. The fraction of sp³-hybridized carbons (Fsp3) is 0.500. The highest BCUT2D eigenvalue weighted by Gasteiger charge is 2.23. The molecule has 0 saturated carbocycles. The molecule has 0 N–H and O–H groups in total. The number of nitriles is 3. The summed E-state index contributed by atoms with van der Waals surface area (Å²) in [6.45, 7) is 6.60. The van der Waals surface area contributed by atoms with Crippen molar-refractivity contribution in [1.82, 2.24) is 4.90 Å². The van der Waals surface area contributed by atoms with Gasteiger partial charge in [-0.05, 0) is 39.2 Å². The molecular weight excluding hydrogens is 224 g/mol. The molecule has 1 aliphatic heterocycles. The van der Waals surface area contributed by atoms with Crippen molar-refractivity contribution in [2.24, 2.45) is 0 Å². The maximum absolute atomic E-state index is 9.27. The predicted molar refractivity (Wildman–Crippen MR) is 67.6 cm³/mol. The summed E-state index contributed by atoms with van der Waals surface area (Å²) in [5.74, 6) is 0. The van der Waals surface area contributed by atoms with Crippen LogP contribution in [0.2, 0.25) is 0 Å². The van der Waals surface area contributed by atoms with E-state index in [9.17, 15) is 5.26 Å². The Kier molecular flexibility index (Phi) is 4.52. The van der Waals surface area contributed by atoms with Crippen LogP contribution < -0.4 is 0 Å². The normalized spacial score (nSPS) is 19.3. The van der Waals surface area contributed by atoms with E-state index in [1.807, 2.05) is 19.1 Å². The van der Waals surface area contributed by atoms with E-state index in [0.717, 1.165) is 25.1 Å². The van der Waals surface area contributed by atoms with Crippen LogP contribution in [0.5, 0.6) is 0 Å². The fourth-order valence-corrected chi connectivity index (χ4v) is 2.33. The summed E-state index contributed by atoms with van der Waals surface area (Å²) < 4.78 is 0. The van der Waals surface area contributed by atoms with Crippen LogP contribution in [0.1, 0.15) is 33.6 Å². The van der Waals surface area contributed by atoms with Gasteiger partial charge in [-0.15, -0.1) is 0 Å². The highest BCUT2D eigenvalue weighted by atomic mass is 15.2. The van der Waals surface area contributed by atoms with Crippen LogP contribution in [-0.4, -0.2) is 17.5 Å². The fourth-order valence-electron chi connectivity index (χ4n) is 2.33. The van der Waals surface area contributed by atoms with Crippen molar-refractivity contribution >= 4 is 0 Å². The maximum atomic E-state index is 9.27. The zero-order chi connectivity index (χ0) is 13.7. The molecular formula is C14H16N4. The van der Waals surface area contributed by atoms with Gasteiger partial charge in [0.1, 0.15) is 23.8 Å². The third-order valence-electron chi connectivity index (χ3n) is 3.43. The first kappa shape index (κ1) is 13.8. The van der Waals surface area contributed by atoms with E-state index in [-0.39, 0.29) is 5.57 Å². The molecule has 1 rings (SSSR count). The van der Waals surface area contributed by atoms with E-state index in [4.69, 9.17) is 10.5 Å². The van der Waals surface area contributed by atoms with Crippen molar-refractivity contribution in [2.45, 2.75) is 39.7 Å². The van der Waals surface area contributed by atoms with Crippen molar-refractivity contribution in [3.8, 4) is 18.2 Å². The van der Waals surface area contributed by atoms with Crippen molar-refractivity contribution in [2.75, 3.05) is 6.54 Å². The average molecular weight is 240 g/mol. The van der Waals surface area contributed by atoms with E-state index in [1.54, 1.807) is 6.92 Å². The number of likely N-dealkylation sites (tertiary alicyclic amines) is 1. The van der Waals surface area contributed by atoms with E-state index < -0.39 is 0 Å². The number of hydrogen-bond acceptors (Lipinski definition) is 4. The van der Waals surface area contributed by atoms with Gasteiger partial charge in [0.05, 0.1) is 5.57 Å². The molecule has 1 atom stereocenters. The van der Waals surface area contributed by atoms with Crippen LogP contribution in [0.15, 0.2) is 22.4 Å². The molecule has 0 radical (unpaired) electrons. The molecule has 4 nitrogen and oxygen atoms in total. The van der Waals surface area contributed by atoms with Gasteiger partial charge >= 0.3 is 0 Å². The molecule has 92 valence electrons. The molecule has 0 bridgehead atoms. The lowest BCUT2D eigenvalue weighted by molar-refractivity contribution is 0.339. The zero-order valence-corrected chi connectivity index (χ0v) is 11.0. The number of rotatable bonds is 2. The van der Waals surface area contributed by atoms with Gasteiger partial charge in [0.25, 0.3) is 0 Å². The smallest absolute Gasteiger partial charge is 0.133 e. The second-order valence-electron chi connectivity index (χ2n) is 4.48. The summed E-state index contributed by atoms with van der Waals surface area (Å²) >= 11 is 0. The second-order valence-corrected chi connectivity index (χ2v) is 4.48. The van der Waals surface area contributed by atoms with E-state index in [0.29, 0.717) is 17.2 Å². The van der Waals surface area contributed by atoms with Gasteiger partial charge in [-0.25, -0.2) is 0 Å². The Labute approximate surface area is 108 Å². The topological polar surface area (TPSA) is 74.6 Å². The molecule has 1 unspecified atom stereocenters. The van der Waals surface area contributed by atoms with E-state index in [2.05, 4.69) is 17.9 Å². The molecule has 0 spiro atoms. The Hall–Kier alpha value is -2.25. The summed E-state index contributed by atoms with van der Waals surface area (Å²) in [7, 11) is 0. The van der Waals surface area contributed by atoms with Crippen molar-refractivity contribution in [3.63, 3.8) is 0 Å². The monoisotopic (exact) mass is 240 g/mol. The molecule has 1 aliphatic rings. The molecule has 0 aliphatic carbocycles. The van der Waals surface area contributed by atoms with Crippen LogP contribution >= 0.6 is 0 Å². The van der Waals surface area contributed by atoms with Crippen LogP contribution in [0, 0.1) is 34.0 Å². The standard InChI is InChI=1S/C14H16N4/c1-10-5-4-6-18(10)12(3)14(9-17)11(2)13(7-15)8-16/h10H,4-6H2,1-3H3/b14-12+. The molecule has 0 aromatic heterocycles. The van der Waals surface area contributed by atoms with Gasteiger partial charge in [-0.1, -0.05) is 0 Å². The highest BCUT2D eigenvalue weighted by Crippen LogP contribution is 2.26. The van der Waals surface area contributed by atoms with Crippen LogP contribution in [0.25, 0.3) is 0 Å². The lowest BCUT2D eigenvalue weighted by Gasteiger charge is -2.25. The van der Waals surface area contributed by atoms with Crippen LogP contribution in [-0.2, 0) is 0 Å². The minimum Gasteiger partial charge on any atom is -0.371 e. The van der Waals surface area contributed by atoms with Gasteiger partial charge < -0.3 is 4.90 Å². The van der Waals surface area contributed by atoms with Gasteiger partial charge in [-0.3, -0.25) is 0 Å². The summed E-state index contributed by atoms with van der Waals surface area (Å²) in [5.41, 5.74) is 1.79. The third-order valence-corrected chi connectivity index (χ3v) is 3.43. The molecule has 0 amide bonds. The lowest BCUT2D eigenvalue weighted by atomic mass is 10.0. The van der Waals surface area contributed by atoms with E-state index >= 15 is 0 Å². The number of hydrogen-bond donors (Lipinski definition) is 0.